The van der Waals surface area contributed by atoms with Crippen LogP contribution in [0.1, 0.15) is 24.2 Å². The molecular formula is C11H15NO5S. The van der Waals surface area contributed by atoms with Crippen LogP contribution >= 0.6 is 0 Å². The maximum absolute atomic E-state index is 11.7. The van der Waals surface area contributed by atoms with E-state index in [9.17, 15) is 18.0 Å². The highest BCUT2D eigenvalue weighted by Crippen LogP contribution is 2.01. The number of nitrogens with zero attached hydrogens (tertiary/aromatic N) is 1. The van der Waals surface area contributed by atoms with Crippen LogP contribution in [0.25, 0.3) is 0 Å². The van der Waals surface area contributed by atoms with Crippen LogP contribution in [0.5, 0.6) is 0 Å². The van der Waals surface area contributed by atoms with Gasteiger partial charge >= 0.3 is 5.97 Å². The molecule has 0 radical (unpaired) electrons. The molecule has 1 aromatic rings. The zero-order valence-corrected chi connectivity index (χ0v) is 11.0. The molecule has 0 atom stereocenters. The lowest BCUT2D eigenvalue weighted by atomic mass is 10.3. The van der Waals surface area contributed by atoms with Crippen molar-refractivity contribution in [2.75, 3.05) is 5.75 Å². The van der Waals surface area contributed by atoms with Crippen molar-refractivity contribution in [3.63, 3.8) is 0 Å². The summed E-state index contributed by atoms with van der Waals surface area (Å²) in [6.07, 6.45) is 1.38. The zero-order chi connectivity index (χ0) is 13.9. The molecule has 100 valence electrons. The highest BCUT2D eigenvalue weighted by molar-refractivity contribution is 7.91. The fourth-order valence-corrected chi connectivity index (χ4v) is 2.26. The third-order valence-corrected chi connectivity index (χ3v) is 4.77. The van der Waals surface area contributed by atoms with Gasteiger partial charge in [0.15, 0.2) is 9.84 Å². The number of aryl methyl sites for hydroxylation is 1. The van der Waals surface area contributed by atoms with Crippen molar-refractivity contribution in [1.29, 1.82) is 0 Å². The average Bonchev–Trinajstić information content (AvgIpc) is 2.27. The Labute approximate surface area is 105 Å². The molecule has 1 aromatic heterocycles. The molecule has 0 saturated carbocycles. The molecular weight excluding hydrogens is 258 g/mol. The van der Waals surface area contributed by atoms with Crippen LogP contribution in [0, 0.1) is 0 Å². The Morgan fingerprint density at radius 2 is 2.06 bits per heavy atom. The summed E-state index contributed by atoms with van der Waals surface area (Å²) in [6, 6.07) is 2.60. The molecule has 1 N–H and O–H groups in total. The van der Waals surface area contributed by atoms with Crippen molar-refractivity contribution in [1.82, 2.24) is 4.57 Å². The molecule has 0 aliphatic heterocycles. The van der Waals surface area contributed by atoms with Crippen LogP contribution in [-0.4, -0.2) is 35.1 Å². The quantitative estimate of drug-likeness (QED) is 0.836. The second kappa shape index (κ2) is 5.34. The van der Waals surface area contributed by atoms with Gasteiger partial charge in [-0.1, -0.05) is 0 Å². The maximum atomic E-state index is 11.7. The topological polar surface area (TPSA) is 93.4 Å². The third kappa shape index (κ3) is 3.19. The number of carboxylic acid groups (broad SMARTS) is 1. The average molecular weight is 273 g/mol. The van der Waals surface area contributed by atoms with E-state index in [1.165, 1.54) is 18.3 Å². The van der Waals surface area contributed by atoms with E-state index in [0.717, 1.165) is 4.57 Å². The molecule has 0 aromatic carbocycles. The number of carbonyl (C=O) groups is 1. The van der Waals surface area contributed by atoms with Gasteiger partial charge in [0.2, 0.25) is 0 Å². The van der Waals surface area contributed by atoms with Gasteiger partial charge in [0.05, 0.1) is 11.0 Å². The van der Waals surface area contributed by atoms with Crippen LogP contribution in [0.2, 0.25) is 0 Å². The van der Waals surface area contributed by atoms with Gasteiger partial charge in [0, 0.05) is 12.7 Å². The number of aromatic carboxylic acids is 1. The minimum absolute atomic E-state index is 0.0412. The Balaban J connectivity index is 2.98. The van der Waals surface area contributed by atoms with Gasteiger partial charge < -0.3 is 9.67 Å². The summed E-state index contributed by atoms with van der Waals surface area (Å²) < 4.78 is 24.3. The van der Waals surface area contributed by atoms with Crippen molar-refractivity contribution in [3.8, 4) is 0 Å². The lowest BCUT2D eigenvalue weighted by Crippen LogP contribution is -2.29. The summed E-state index contributed by atoms with van der Waals surface area (Å²) in [6.45, 7) is 3.08. The summed E-state index contributed by atoms with van der Waals surface area (Å²) >= 11 is 0. The van der Waals surface area contributed by atoms with Crippen molar-refractivity contribution in [2.45, 2.75) is 25.6 Å². The Bertz CT molecular complexity index is 600. The smallest absolute Gasteiger partial charge is 0.341 e. The molecule has 18 heavy (non-hydrogen) atoms. The number of sulfone groups is 1. The summed E-state index contributed by atoms with van der Waals surface area (Å²) in [7, 11) is -3.25. The molecule has 1 heterocycles. The Kier molecular flexibility index (Phi) is 4.28. The largest absolute Gasteiger partial charge is 0.477 e. The minimum Gasteiger partial charge on any atom is -0.477 e. The fraction of sp³-hybridized carbons (Fsp3) is 0.455. The van der Waals surface area contributed by atoms with Crippen molar-refractivity contribution >= 4 is 15.8 Å². The van der Waals surface area contributed by atoms with E-state index >= 15 is 0 Å². The van der Waals surface area contributed by atoms with Gasteiger partial charge in [0.1, 0.15) is 5.56 Å². The summed E-state index contributed by atoms with van der Waals surface area (Å²) in [4.78, 5) is 22.4. The highest BCUT2D eigenvalue weighted by Gasteiger charge is 2.17. The van der Waals surface area contributed by atoms with E-state index in [1.807, 2.05) is 0 Å². The minimum atomic E-state index is -3.25. The first kappa shape index (κ1) is 14.4. The van der Waals surface area contributed by atoms with Crippen LogP contribution in [-0.2, 0) is 16.4 Å². The lowest BCUT2D eigenvalue weighted by Gasteiger charge is -2.09. The first-order chi connectivity index (χ1) is 8.25. The van der Waals surface area contributed by atoms with E-state index < -0.39 is 26.6 Å². The number of rotatable bonds is 5. The molecule has 0 amide bonds. The number of aromatic nitrogens is 1. The van der Waals surface area contributed by atoms with Gasteiger partial charge in [-0.15, -0.1) is 0 Å². The molecule has 0 aliphatic carbocycles. The summed E-state index contributed by atoms with van der Waals surface area (Å²) in [5, 5.41) is 8.26. The molecule has 0 unspecified atom stereocenters. The number of pyridine rings is 1. The van der Waals surface area contributed by atoms with Crippen molar-refractivity contribution in [3.05, 3.63) is 34.2 Å². The number of hydrogen-bond donors (Lipinski definition) is 1. The monoisotopic (exact) mass is 273 g/mol. The van der Waals surface area contributed by atoms with E-state index in [2.05, 4.69) is 0 Å². The van der Waals surface area contributed by atoms with Crippen molar-refractivity contribution < 1.29 is 18.3 Å². The standard InChI is InChI=1S/C11H15NO5S/c1-8(2)18(16,17)7-6-12-5-3-4-9(10(12)13)11(14)15/h3-5,8H,6-7H2,1-2H3,(H,14,15). The van der Waals surface area contributed by atoms with Crippen molar-refractivity contribution in [2.24, 2.45) is 0 Å². The highest BCUT2D eigenvalue weighted by atomic mass is 32.2. The van der Waals surface area contributed by atoms with Crippen LogP contribution < -0.4 is 5.56 Å². The lowest BCUT2D eigenvalue weighted by molar-refractivity contribution is 0.0694. The molecule has 0 bridgehead atoms. The Hall–Kier alpha value is -1.63. The zero-order valence-electron chi connectivity index (χ0n) is 10.2. The summed E-state index contributed by atoms with van der Waals surface area (Å²) in [5.74, 6) is -1.51. The van der Waals surface area contributed by atoms with Gasteiger partial charge in [-0.25, -0.2) is 13.2 Å². The maximum Gasteiger partial charge on any atom is 0.341 e. The molecule has 0 fully saturated rings. The van der Waals surface area contributed by atoms with E-state index in [4.69, 9.17) is 5.11 Å². The Morgan fingerprint density at radius 3 is 2.56 bits per heavy atom. The van der Waals surface area contributed by atoms with E-state index in [1.54, 1.807) is 13.8 Å². The predicted molar refractivity (Wildman–Crippen MR) is 66.6 cm³/mol. The second-order valence-corrected chi connectivity index (χ2v) is 6.82. The third-order valence-electron chi connectivity index (χ3n) is 2.59. The first-order valence-corrected chi connectivity index (χ1v) is 7.11. The fourth-order valence-electron chi connectivity index (χ4n) is 1.34. The predicted octanol–water partition coefficient (Wildman–Crippen LogP) is 0.370. The van der Waals surface area contributed by atoms with Gasteiger partial charge in [-0.05, 0) is 26.0 Å². The van der Waals surface area contributed by atoms with Gasteiger partial charge in [-0.3, -0.25) is 4.79 Å². The summed E-state index contributed by atoms with van der Waals surface area (Å²) in [5.41, 5.74) is -1.05. The molecule has 0 spiro atoms. The van der Waals surface area contributed by atoms with Gasteiger partial charge in [-0.2, -0.15) is 0 Å². The number of carboxylic acids is 1. The molecule has 0 aliphatic rings. The molecule has 1 rings (SSSR count). The molecule has 7 heteroatoms. The number of hydrogen-bond acceptors (Lipinski definition) is 4. The Morgan fingerprint density at radius 1 is 1.44 bits per heavy atom. The van der Waals surface area contributed by atoms with Gasteiger partial charge in [0.25, 0.3) is 5.56 Å². The van der Waals surface area contributed by atoms with E-state index in [-0.39, 0.29) is 17.9 Å². The molecule has 0 saturated heterocycles. The van der Waals surface area contributed by atoms with Crippen LogP contribution in [0.3, 0.4) is 0 Å². The van der Waals surface area contributed by atoms with Crippen LogP contribution in [0.4, 0.5) is 0 Å². The second-order valence-electron chi connectivity index (χ2n) is 4.14. The van der Waals surface area contributed by atoms with Crippen LogP contribution in [0.15, 0.2) is 23.1 Å². The SMILES string of the molecule is CC(C)S(=O)(=O)CCn1cccc(C(=O)O)c1=O. The van der Waals surface area contributed by atoms with E-state index in [0.29, 0.717) is 0 Å². The first-order valence-electron chi connectivity index (χ1n) is 5.40. The normalized spacial score (nSPS) is 11.7. The molecule has 6 nitrogen and oxygen atoms in total.